The molecule has 0 fully saturated rings. The zero-order chi connectivity index (χ0) is 22.1. The van der Waals surface area contributed by atoms with Crippen LogP contribution in [0.1, 0.15) is 23.9 Å². The van der Waals surface area contributed by atoms with Crippen LogP contribution in [-0.2, 0) is 17.9 Å². The molecule has 3 heterocycles. The van der Waals surface area contributed by atoms with Gasteiger partial charge in [-0.15, -0.1) is 5.10 Å². The smallest absolute Gasteiger partial charge is 0.246 e. The summed E-state index contributed by atoms with van der Waals surface area (Å²) >= 11 is 0. The van der Waals surface area contributed by atoms with Crippen LogP contribution in [0.3, 0.4) is 0 Å². The molecule has 0 aliphatic carbocycles. The molecular weight excluding hydrogens is 403 g/mol. The number of aryl methyl sites for hydroxylation is 1. The van der Waals surface area contributed by atoms with Crippen molar-refractivity contribution < 1.29 is 13.9 Å². The number of halogens is 1. The normalized spacial score (nSPS) is 15.5. The average Bonchev–Trinajstić information content (AvgIpc) is 3.19. The fraction of sp³-hybridized carbons (Fsp3) is 0.350. The maximum Gasteiger partial charge on any atom is 0.246 e. The highest BCUT2D eigenvalue weighted by Crippen LogP contribution is 2.32. The third-order valence-electron chi connectivity index (χ3n) is 5.20. The zero-order valence-electron chi connectivity index (χ0n) is 17.7. The first-order chi connectivity index (χ1) is 14.9. The molecule has 31 heavy (non-hydrogen) atoms. The van der Waals surface area contributed by atoms with Gasteiger partial charge in [-0.2, -0.15) is 4.98 Å². The van der Waals surface area contributed by atoms with Gasteiger partial charge >= 0.3 is 0 Å². The molecule has 4 rings (SSSR count). The number of aromatic nitrogens is 5. The van der Waals surface area contributed by atoms with Crippen LogP contribution in [0.4, 0.5) is 21.8 Å². The van der Waals surface area contributed by atoms with Gasteiger partial charge < -0.3 is 20.3 Å². The molecule has 11 heteroatoms. The molecule has 0 bridgehead atoms. The molecule has 1 aliphatic rings. The molecule has 1 amide bonds. The average molecular weight is 426 g/mol. The van der Waals surface area contributed by atoms with Crippen LogP contribution in [0.25, 0.3) is 0 Å². The Morgan fingerprint density at radius 2 is 2.13 bits per heavy atom. The molecule has 2 N–H and O–H groups in total. The summed E-state index contributed by atoms with van der Waals surface area (Å²) in [5.74, 6) is 1.24. The number of methoxy groups -OCH3 is 1. The van der Waals surface area contributed by atoms with Gasteiger partial charge in [0.05, 0.1) is 32.1 Å². The van der Waals surface area contributed by atoms with Crippen molar-refractivity contribution in [1.29, 1.82) is 0 Å². The number of rotatable bonds is 6. The van der Waals surface area contributed by atoms with Crippen molar-refractivity contribution in [2.75, 3.05) is 29.7 Å². The Hall–Kier alpha value is -3.76. The number of nitrogens with one attached hydrogen (secondary N) is 2. The summed E-state index contributed by atoms with van der Waals surface area (Å²) in [6.45, 7) is 4.31. The standard InChI is InChI=1S/C20H23FN8O2/c1-11-17-18(28(3)12(2)19(30)24-17)25-20(23-11)22-8-15-10-29(27-26-15)9-13-7-14(21)5-6-16(13)31-4/h5-7,10,12H,8-9H2,1-4H3,(H,24,30)(H,22,23,25)/t12-/m0/s1. The predicted molar refractivity (Wildman–Crippen MR) is 113 cm³/mol. The number of anilines is 3. The summed E-state index contributed by atoms with van der Waals surface area (Å²) < 4.78 is 20.5. The minimum atomic E-state index is -0.340. The lowest BCUT2D eigenvalue weighted by Gasteiger charge is -2.32. The summed E-state index contributed by atoms with van der Waals surface area (Å²) in [4.78, 5) is 22.8. The fourth-order valence-corrected chi connectivity index (χ4v) is 3.34. The lowest BCUT2D eigenvalue weighted by atomic mass is 10.2. The monoisotopic (exact) mass is 426 g/mol. The number of carbonyl (C=O) groups excluding carboxylic acids is 1. The van der Waals surface area contributed by atoms with E-state index in [2.05, 4.69) is 30.9 Å². The number of likely N-dealkylation sites (N-methyl/N-ethyl adjacent to an activating group) is 1. The van der Waals surface area contributed by atoms with Gasteiger partial charge in [0.1, 0.15) is 29.0 Å². The van der Waals surface area contributed by atoms with Crippen molar-refractivity contribution >= 4 is 23.4 Å². The Kier molecular flexibility index (Phi) is 5.40. The molecule has 2 aromatic heterocycles. The van der Waals surface area contributed by atoms with E-state index < -0.39 is 0 Å². The maximum atomic E-state index is 13.6. The Labute approximate surface area is 178 Å². The van der Waals surface area contributed by atoms with Gasteiger partial charge in [0.2, 0.25) is 11.9 Å². The van der Waals surface area contributed by atoms with Gasteiger partial charge in [-0.1, -0.05) is 5.21 Å². The first-order valence-corrected chi connectivity index (χ1v) is 9.73. The van der Waals surface area contributed by atoms with E-state index >= 15 is 0 Å². The minimum Gasteiger partial charge on any atom is -0.496 e. The van der Waals surface area contributed by atoms with Gasteiger partial charge in [-0.3, -0.25) is 4.79 Å². The van der Waals surface area contributed by atoms with E-state index in [0.717, 1.165) is 0 Å². The van der Waals surface area contributed by atoms with Gasteiger partial charge in [-0.25, -0.2) is 14.1 Å². The second-order valence-electron chi connectivity index (χ2n) is 7.32. The Morgan fingerprint density at radius 1 is 1.32 bits per heavy atom. The van der Waals surface area contributed by atoms with E-state index in [-0.39, 0.29) is 17.8 Å². The van der Waals surface area contributed by atoms with Crippen LogP contribution in [-0.4, -0.2) is 51.1 Å². The van der Waals surface area contributed by atoms with Crippen molar-refractivity contribution in [1.82, 2.24) is 25.0 Å². The first-order valence-electron chi connectivity index (χ1n) is 9.73. The van der Waals surface area contributed by atoms with Crippen LogP contribution in [0.15, 0.2) is 24.4 Å². The molecule has 0 spiro atoms. The molecule has 3 aromatic rings. The number of benzene rings is 1. The summed E-state index contributed by atoms with van der Waals surface area (Å²) in [5.41, 5.74) is 2.62. The van der Waals surface area contributed by atoms with E-state index in [1.165, 1.54) is 19.2 Å². The third kappa shape index (κ3) is 4.11. The van der Waals surface area contributed by atoms with Crippen LogP contribution >= 0.6 is 0 Å². The summed E-state index contributed by atoms with van der Waals surface area (Å²) in [6.07, 6.45) is 1.76. The van der Waals surface area contributed by atoms with Crippen molar-refractivity contribution in [3.8, 4) is 5.75 Å². The number of carbonyl (C=O) groups is 1. The molecule has 1 aliphatic heterocycles. The van der Waals surface area contributed by atoms with E-state index in [9.17, 15) is 9.18 Å². The lowest BCUT2D eigenvalue weighted by molar-refractivity contribution is -0.117. The summed E-state index contributed by atoms with van der Waals surface area (Å²) in [6, 6.07) is 4.02. The molecule has 0 radical (unpaired) electrons. The van der Waals surface area contributed by atoms with E-state index in [4.69, 9.17) is 4.74 Å². The first kappa shape index (κ1) is 20.5. The molecule has 1 aromatic carbocycles. The number of nitrogens with zero attached hydrogens (tertiary/aromatic N) is 6. The van der Waals surface area contributed by atoms with Crippen LogP contribution in [0, 0.1) is 12.7 Å². The number of hydrogen-bond acceptors (Lipinski definition) is 8. The SMILES string of the molecule is COc1ccc(F)cc1Cn1cc(CNc2nc(C)c3c(n2)N(C)[C@@H](C)C(=O)N3)nn1. The van der Waals surface area contributed by atoms with E-state index in [1.807, 2.05) is 25.8 Å². The highest BCUT2D eigenvalue weighted by molar-refractivity contribution is 6.03. The predicted octanol–water partition coefficient (Wildman–Crippen LogP) is 1.96. The Bertz CT molecular complexity index is 1130. The molecule has 0 saturated carbocycles. The van der Waals surface area contributed by atoms with Crippen LogP contribution < -0.4 is 20.3 Å². The largest absolute Gasteiger partial charge is 0.496 e. The second-order valence-corrected chi connectivity index (χ2v) is 7.32. The van der Waals surface area contributed by atoms with E-state index in [0.29, 0.717) is 53.2 Å². The highest BCUT2D eigenvalue weighted by Gasteiger charge is 2.30. The summed E-state index contributed by atoms with van der Waals surface area (Å²) in [5, 5.41) is 14.2. The van der Waals surface area contributed by atoms with Gasteiger partial charge in [0.15, 0.2) is 5.82 Å². The van der Waals surface area contributed by atoms with E-state index in [1.54, 1.807) is 16.9 Å². The van der Waals surface area contributed by atoms with Crippen molar-refractivity contribution in [3.05, 3.63) is 47.2 Å². The van der Waals surface area contributed by atoms with Gasteiger partial charge in [0, 0.05) is 12.6 Å². The topological polar surface area (TPSA) is 110 Å². The Balaban J connectivity index is 1.47. The quantitative estimate of drug-likeness (QED) is 0.616. The van der Waals surface area contributed by atoms with Gasteiger partial charge in [-0.05, 0) is 32.0 Å². The molecule has 10 nitrogen and oxygen atoms in total. The zero-order valence-corrected chi connectivity index (χ0v) is 17.7. The molecule has 1 atom stereocenters. The minimum absolute atomic E-state index is 0.0889. The van der Waals surface area contributed by atoms with Crippen molar-refractivity contribution in [2.45, 2.75) is 33.0 Å². The second kappa shape index (κ2) is 8.17. The Morgan fingerprint density at radius 3 is 2.90 bits per heavy atom. The molecule has 162 valence electrons. The molecular formula is C20H23FN8O2. The number of ether oxygens (including phenoxy) is 1. The van der Waals surface area contributed by atoms with Crippen LogP contribution in [0.5, 0.6) is 5.75 Å². The number of amides is 1. The van der Waals surface area contributed by atoms with Gasteiger partial charge in [0.25, 0.3) is 0 Å². The van der Waals surface area contributed by atoms with Crippen molar-refractivity contribution in [2.24, 2.45) is 0 Å². The van der Waals surface area contributed by atoms with Crippen LogP contribution in [0.2, 0.25) is 0 Å². The number of hydrogen-bond donors (Lipinski definition) is 2. The summed E-state index contributed by atoms with van der Waals surface area (Å²) in [7, 11) is 3.36. The third-order valence-corrected chi connectivity index (χ3v) is 5.20. The molecule has 0 unspecified atom stereocenters. The molecule has 0 saturated heterocycles. The highest BCUT2D eigenvalue weighted by atomic mass is 19.1. The lowest BCUT2D eigenvalue weighted by Crippen LogP contribution is -2.44. The fourth-order valence-electron chi connectivity index (χ4n) is 3.34. The van der Waals surface area contributed by atoms with Crippen molar-refractivity contribution in [3.63, 3.8) is 0 Å². The number of fused-ring (bicyclic) bond motifs is 1. The maximum absolute atomic E-state index is 13.6.